The maximum atomic E-state index is 13.8. The summed E-state index contributed by atoms with van der Waals surface area (Å²) in [6.45, 7) is 3.31. The molecule has 0 amide bonds. The normalized spacial score (nSPS) is 10.2. The number of ether oxygens (including phenoxy) is 3. The molecule has 0 atom stereocenters. The van der Waals surface area contributed by atoms with E-state index >= 15 is 0 Å². The van der Waals surface area contributed by atoms with Crippen LogP contribution in [0, 0.1) is 5.82 Å². The Kier molecular flexibility index (Phi) is 5.89. The van der Waals surface area contributed by atoms with Crippen molar-refractivity contribution in [2.45, 2.75) is 19.8 Å². The number of rotatable bonds is 6. The van der Waals surface area contributed by atoms with Crippen LogP contribution in [0.5, 0.6) is 5.88 Å². The second-order valence-corrected chi connectivity index (χ2v) is 3.69. The average Bonchev–Trinajstić information content (AvgIpc) is 2.42. The van der Waals surface area contributed by atoms with Crippen LogP contribution in [0.1, 0.15) is 25.3 Å². The molecule has 0 saturated carbocycles. The van der Waals surface area contributed by atoms with Crippen molar-refractivity contribution >= 4 is 11.9 Å². The molecule has 0 aliphatic rings. The lowest BCUT2D eigenvalue weighted by molar-refractivity contribution is -0.157. The molecule has 0 N–H and O–H groups in total. The molecule has 0 aliphatic heterocycles. The number of hydrogen-bond donors (Lipinski definition) is 0. The largest absolute Gasteiger partial charge is 0.481 e. The molecule has 7 heteroatoms. The van der Waals surface area contributed by atoms with E-state index in [1.165, 1.54) is 13.2 Å². The van der Waals surface area contributed by atoms with Crippen LogP contribution in [-0.2, 0) is 19.1 Å². The Morgan fingerprint density at radius 1 is 1.25 bits per heavy atom. The van der Waals surface area contributed by atoms with Crippen molar-refractivity contribution in [1.82, 2.24) is 4.98 Å². The molecule has 110 valence electrons. The van der Waals surface area contributed by atoms with Gasteiger partial charge in [-0.1, -0.05) is 0 Å². The molecular weight excluding hydrogens is 269 g/mol. The van der Waals surface area contributed by atoms with Gasteiger partial charge in [-0.3, -0.25) is 9.59 Å². The fourth-order valence-electron chi connectivity index (χ4n) is 1.57. The van der Waals surface area contributed by atoms with Crippen LogP contribution in [-0.4, -0.2) is 37.2 Å². The van der Waals surface area contributed by atoms with Crippen molar-refractivity contribution in [2.75, 3.05) is 20.3 Å². The smallest absolute Gasteiger partial charge is 0.325 e. The average molecular weight is 285 g/mol. The summed E-state index contributed by atoms with van der Waals surface area (Å²) in [6, 6.07) is 1.17. The maximum absolute atomic E-state index is 13.8. The van der Waals surface area contributed by atoms with Gasteiger partial charge < -0.3 is 14.2 Å². The summed E-state index contributed by atoms with van der Waals surface area (Å²) in [6.07, 6.45) is 0.875. The van der Waals surface area contributed by atoms with Crippen molar-refractivity contribution in [3.63, 3.8) is 0 Å². The Hall–Kier alpha value is -2.18. The number of halogens is 1. The fraction of sp³-hybridized carbons (Fsp3) is 0.462. The molecule has 0 bridgehead atoms. The molecule has 0 aromatic carbocycles. The SMILES string of the molecule is CCOC(=O)C(C(=O)OCC)c1cc(OC)ncc1F. The summed E-state index contributed by atoms with van der Waals surface area (Å²) in [5.41, 5.74) is -0.186. The van der Waals surface area contributed by atoms with Crippen molar-refractivity contribution in [3.8, 4) is 5.88 Å². The van der Waals surface area contributed by atoms with Gasteiger partial charge in [0.1, 0.15) is 5.82 Å². The molecule has 0 fully saturated rings. The van der Waals surface area contributed by atoms with Crippen molar-refractivity contribution in [3.05, 3.63) is 23.6 Å². The lowest BCUT2D eigenvalue weighted by atomic mass is 10.00. The number of nitrogens with zero attached hydrogens (tertiary/aromatic N) is 1. The van der Waals surface area contributed by atoms with Gasteiger partial charge in [-0.15, -0.1) is 0 Å². The van der Waals surface area contributed by atoms with Crippen LogP contribution < -0.4 is 4.74 Å². The summed E-state index contributed by atoms with van der Waals surface area (Å²) in [5, 5.41) is 0. The third-order valence-corrected chi connectivity index (χ3v) is 2.42. The van der Waals surface area contributed by atoms with Crippen LogP contribution in [0.4, 0.5) is 4.39 Å². The summed E-state index contributed by atoms with van der Waals surface area (Å²) >= 11 is 0. The number of pyridine rings is 1. The van der Waals surface area contributed by atoms with Crippen molar-refractivity contribution in [2.24, 2.45) is 0 Å². The van der Waals surface area contributed by atoms with Gasteiger partial charge in [0.25, 0.3) is 0 Å². The monoisotopic (exact) mass is 285 g/mol. The van der Waals surface area contributed by atoms with E-state index in [-0.39, 0.29) is 24.7 Å². The summed E-state index contributed by atoms with van der Waals surface area (Å²) < 4.78 is 28.3. The fourth-order valence-corrected chi connectivity index (χ4v) is 1.57. The number of carbonyl (C=O) groups excluding carboxylic acids is 2. The first kappa shape index (κ1) is 15.9. The summed E-state index contributed by atoms with van der Waals surface area (Å²) in [5.74, 6) is -3.97. The number of aromatic nitrogens is 1. The first-order chi connectivity index (χ1) is 9.54. The van der Waals surface area contributed by atoms with Gasteiger partial charge in [0.05, 0.1) is 26.5 Å². The van der Waals surface area contributed by atoms with E-state index in [9.17, 15) is 14.0 Å². The quantitative estimate of drug-likeness (QED) is 0.581. The highest BCUT2D eigenvalue weighted by Crippen LogP contribution is 2.25. The molecule has 1 heterocycles. The molecule has 6 nitrogen and oxygen atoms in total. The lowest BCUT2D eigenvalue weighted by Crippen LogP contribution is -2.27. The zero-order valence-corrected chi connectivity index (χ0v) is 11.5. The van der Waals surface area contributed by atoms with Gasteiger partial charge >= 0.3 is 11.9 Å². The Morgan fingerprint density at radius 3 is 2.25 bits per heavy atom. The lowest BCUT2D eigenvalue weighted by Gasteiger charge is -2.15. The second-order valence-electron chi connectivity index (χ2n) is 3.69. The molecule has 1 aromatic heterocycles. The van der Waals surface area contributed by atoms with E-state index in [0.717, 1.165) is 6.20 Å². The third kappa shape index (κ3) is 3.66. The van der Waals surface area contributed by atoms with E-state index in [4.69, 9.17) is 14.2 Å². The second kappa shape index (κ2) is 7.42. The molecule has 0 unspecified atom stereocenters. The van der Waals surface area contributed by atoms with Crippen LogP contribution in [0.25, 0.3) is 0 Å². The minimum Gasteiger partial charge on any atom is -0.481 e. The highest BCUT2D eigenvalue weighted by Gasteiger charge is 2.34. The number of carbonyl (C=O) groups is 2. The Balaban J connectivity index is 3.21. The zero-order valence-electron chi connectivity index (χ0n) is 11.5. The van der Waals surface area contributed by atoms with Crippen LogP contribution in [0.3, 0.4) is 0 Å². The molecule has 0 radical (unpaired) electrons. The Morgan fingerprint density at radius 2 is 1.80 bits per heavy atom. The standard InChI is InChI=1S/C13H16FNO5/c1-4-19-12(16)11(13(17)20-5-2)8-6-10(18-3)15-7-9(8)14/h6-7,11H,4-5H2,1-3H3. The van der Waals surface area contributed by atoms with Crippen LogP contribution in [0.2, 0.25) is 0 Å². The summed E-state index contributed by atoms with van der Waals surface area (Å²) in [4.78, 5) is 27.4. The summed E-state index contributed by atoms with van der Waals surface area (Å²) in [7, 11) is 1.34. The van der Waals surface area contributed by atoms with Gasteiger partial charge in [0.2, 0.25) is 5.88 Å². The van der Waals surface area contributed by atoms with Gasteiger partial charge in [-0.2, -0.15) is 0 Å². The molecule has 0 spiro atoms. The minimum absolute atomic E-state index is 0.0680. The molecular formula is C13H16FNO5. The van der Waals surface area contributed by atoms with E-state index in [2.05, 4.69) is 4.98 Å². The number of methoxy groups -OCH3 is 1. The Bertz CT molecular complexity index is 474. The van der Waals surface area contributed by atoms with Gasteiger partial charge in [0.15, 0.2) is 5.92 Å². The molecule has 20 heavy (non-hydrogen) atoms. The topological polar surface area (TPSA) is 74.7 Å². The van der Waals surface area contributed by atoms with Crippen molar-refractivity contribution in [1.29, 1.82) is 0 Å². The van der Waals surface area contributed by atoms with Crippen molar-refractivity contribution < 1.29 is 28.2 Å². The molecule has 1 aromatic rings. The highest BCUT2D eigenvalue weighted by atomic mass is 19.1. The number of hydrogen-bond acceptors (Lipinski definition) is 6. The minimum atomic E-state index is -1.49. The predicted octanol–water partition coefficient (Wildman–Crippen LogP) is 1.44. The van der Waals surface area contributed by atoms with Gasteiger partial charge in [-0.25, -0.2) is 9.37 Å². The molecule has 0 aliphatic carbocycles. The molecule has 1 rings (SSSR count). The van der Waals surface area contributed by atoms with Gasteiger partial charge in [0, 0.05) is 11.6 Å². The third-order valence-electron chi connectivity index (χ3n) is 2.42. The van der Waals surface area contributed by atoms with Gasteiger partial charge in [-0.05, 0) is 13.8 Å². The van der Waals surface area contributed by atoms with Crippen LogP contribution >= 0.6 is 0 Å². The highest BCUT2D eigenvalue weighted by molar-refractivity contribution is 6.00. The first-order valence-electron chi connectivity index (χ1n) is 6.07. The maximum Gasteiger partial charge on any atom is 0.325 e. The predicted molar refractivity (Wildman–Crippen MR) is 66.8 cm³/mol. The van der Waals surface area contributed by atoms with E-state index < -0.39 is 23.7 Å². The first-order valence-corrected chi connectivity index (χ1v) is 6.07. The number of esters is 2. The van der Waals surface area contributed by atoms with Crippen LogP contribution in [0.15, 0.2) is 12.3 Å². The van der Waals surface area contributed by atoms with E-state index in [0.29, 0.717) is 0 Å². The molecule has 0 saturated heterocycles. The Labute approximate surface area is 115 Å². The zero-order chi connectivity index (χ0) is 15.1. The van der Waals surface area contributed by atoms with E-state index in [1.54, 1.807) is 13.8 Å². The van der Waals surface area contributed by atoms with E-state index in [1.807, 2.05) is 0 Å².